The zero-order valence-corrected chi connectivity index (χ0v) is 10.2. The molecule has 0 aliphatic heterocycles. The van der Waals surface area contributed by atoms with Gasteiger partial charge in [0.15, 0.2) is 0 Å². The standard InChI is InChI=1S/C11H12N2O2S/c1-6(2)8-4-9-11(16-7(3)12-9)5-10(8)13(14)15/h4-6H,1-3H3. The van der Waals surface area contributed by atoms with Gasteiger partial charge < -0.3 is 0 Å². The summed E-state index contributed by atoms with van der Waals surface area (Å²) in [5, 5.41) is 11.9. The third-order valence-electron chi connectivity index (χ3n) is 2.46. The van der Waals surface area contributed by atoms with Gasteiger partial charge in [0.1, 0.15) is 0 Å². The fraction of sp³-hybridized carbons (Fsp3) is 0.364. The molecule has 4 nitrogen and oxygen atoms in total. The number of thiazole rings is 1. The molecular weight excluding hydrogens is 224 g/mol. The number of aromatic nitrogens is 1. The molecule has 0 N–H and O–H groups in total. The van der Waals surface area contributed by atoms with Gasteiger partial charge in [-0.3, -0.25) is 10.1 Å². The summed E-state index contributed by atoms with van der Waals surface area (Å²) in [4.78, 5) is 15.0. The van der Waals surface area contributed by atoms with Crippen molar-refractivity contribution in [3.05, 3.63) is 32.8 Å². The molecule has 0 fully saturated rings. The average Bonchev–Trinajstić information content (AvgIpc) is 2.54. The van der Waals surface area contributed by atoms with Crippen LogP contribution in [0.15, 0.2) is 12.1 Å². The number of benzene rings is 1. The minimum absolute atomic E-state index is 0.131. The lowest BCUT2D eigenvalue weighted by Crippen LogP contribution is -1.97. The van der Waals surface area contributed by atoms with E-state index in [4.69, 9.17) is 0 Å². The Morgan fingerprint density at radius 1 is 1.44 bits per heavy atom. The Balaban J connectivity index is 2.75. The second kappa shape index (κ2) is 3.83. The van der Waals surface area contributed by atoms with Gasteiger partial charge in [0.2, 0.25) is 0 Å². The lowest BCUT2D eigenvalue weighted by atomic mass is 10.0. The summed E-state index contributed by atoms with van der Waals surface area (Å²) >= 11 is 1.49. The van der Waals surface area contributed by atoms with E-state index in [9.17, 15) is 10.1 Å². The van der Waals surface area contributed by atoms with Gasteiger partial charge in [-0.25, -0.2) is 4.98 Å². The molecule has 0 amide bonds. The Labute approximate surface area is 97.1 Å². The van der Waals surface area contributed by atoms with Crippen molar-refractivity contribution >= 4 is 27.2 Å². The number of hydrogen-bond donors (Lipinski definition) is 0. The number of hydrogen-bond acceptors (Lipinski definition) is 4. The van der Waals surface area contributed by atoms with Crippen LogP contribution in [0.2, 0.25) is 0 Å². The van der Waals surface area contributed by atoms with Crippen LogP contribution in [0.5, 0.6) is 0 Å². The van der Waals surface area contributed by atoms with E-state index < -0.39 is 0 Å². The number of rotatable bonds is 2. The van der Waals surface area contributed by atoms with Gasteiger partial charge in [0, 0.05) is 11.6 Å². The smallest absolute Gasteiger partial charge is 0.258 e. The Bertz CT molecular complexity index is 560. The first-order valence-corrected chi connectivity index (χ1v) is 5.86. The summed E-state index contributed by atoms with van der Waals surface area (Å²) in [6, 6.07) is 3.47. The third kappa shape index (κ3) is 1.78. The van der Waals surface area contributed by atoms with Crippen molar-refractivity contribution < 1.29 is 4.92 Å². The van der Waals surface area contributed by atoms with Crippen molar-refractivity contribution in [1.29, 1.82) is 0 Å². The van der Waals surface area contributed by atoms with E-state index in [1.807, 2.05) is 26.8 Å². The van der Waals surface area contributed by atoms with Crippen LogP contribution < -0.4 is 0 Å². The minimum atomic E-state index is -0.316. The second-order valence-electron chi connectivity index (χ2n) is 4.02. The van der Waals surface area contributed by atoms with Crippen LogP contribution in [0.1, 0.15) is 30.3 Å². The van der Waals surface area contributed by atoms with Crippen LogP contribution in [-0.2, 0) is 0 Å². The van der Waals surface area contributed by atoms with E-state index in [1.54, 1.807) is 6.07 Å². The Kier molecular flexibility index (Phi) is 2.63. The van der Waals surface area contributed by atoms with Crippen LogP contribution in [0, 0.1) is 17.0 Å². The quantitative estimate of drug-likeness (QED) is 0.591. The lowest BCUT2D eigenvalue weighted by molar-refractivity contribution is -0.385. The summed E-state index contributed by atoms with van der Waals surface area (Å²) in [6.45, 7) is 5.81. The summed E-state index contributed by atoms with van der Waals surface area (Å²) in [7, 11) is 0. The van der Waals surface area contributed by atoms with Gasteiger partial charge in [0.25, 0.3) is 5.69 Å². The van der Waals surface area contributed by atoms with Crippen molar-refractivity contribution in [3.8, 4) is 0 Å². The zero-order valence-electron chi connectivity index (χ0n) is 9.35. The molecule has 5 heteroatoms. The molecule has 0 spiro atoms. The SMILES string of the molecule is Cc1nc2cc(C(C)C)c([N+](=O)[O-])cc2s1. The average molecular weight is 236 g/mol. The number of fused-ring (bicyclic) bond motifs is 1. The number of nitro groups is 1. The second-order valence-corrected chi connectivity index (χ2v) is 5.26. The number of nitro benzene ring substituents is 1. The fourth-order valence-electron chi connectivity index (χ4n) is 1.72. The fourth-order valence-corrected chi connectivity index (χ4v) is 2.56. The van der Waals surface area contributed by atoms with Crippen molar-refractivity contribution in [1.82, 2.24) is 4.98 Å². The molecular formula is C11H12N2O2S. The Morgan fingerprint density at radius 2 is 2.12 bits per heavy atom. The van der Waals surface area contributed by atoms with Crippen LogP contribution in [0.3, 0.4) is 0 Å². The highest BCUT2D eigenvalue weighted by Crippen LogP contribution is 2.33. The maximum Gasteiger partial charge on any atom is 0.274 e. The molecule has 0 radical (unpaired) electrons. The van der Waals surface area contributed by atoms with Crippen molar-refractivity contribution in [2.24, 2.45) is 0 Å². The predicted octanol–water partition coefficient (Wildman–Crippen LogP) is 3.64. The molecule has 0 saturated carbocycles. The van der Waals surface area contributed by atoms with Gasteiger partial charge >= 0.3 is 0 Å². The van der Waals surface area contributed by atoms with E-state index >= 15 is 0 Å². The van der Waals surface area contributed by atoms with Crippen molar-refractivity contribution in [3.63, 3.8) is 0 Å². The zero-order chi connectivity index (χ0) is 11.9. The highest BCUT2D eigenvalue weighted by molar-refractivity contribution is 7.18. The highest BCUT2D eigenvalue weighted by atomic mass is 32.1. The third-order valence-corrected chi connectivity index (χ3v) is 3.40. The molecule has 1 heterocycles. The molecule has 0 aliphatic carbocycles. The normalized spacial score (nSPS) is 11.2. The summed E-state index contributed by atoms with van der Waals surface area (Å²) in [5.41, 5.74) is 1.81. The van der Waals surface area contributed by atoms with Crippen molar-refractivity contribution in [2.75, 3.05) is 0 Å². The molecule has 0 saturated heterocycles. The molecule has 0 unspecified atom stereocenters. The molecule has 2 rings (SSSR count). The molecule has 16 heavy (non-hydrogen) atoms. The topological polar surface area (TPSA) is 56.0 Å². The molecule has 0 aliphatic rings. The maximum absolute atomic E-state index is 11.0. The highest BCUT2D eigenvalue weighted by Gasteiger charge is 2.18. The molecule has 84 valence electrons. The van der Waals surface area contributed by atoms with E-state index in [-0.39, 0.29) is 16.5 Å². The summed E-state index contributed by atoms with van der Waals surface area (Å²) in [6.07, 6.45) is 0. The predicted molar refractivity (Wildman–Crippen MR) is 65.1 cm³/mol. The van der Waals surface area contributed by atoms with Crippen LogP contribution in [-0.4, -0.2) is 9.91 Å². The first kappa shape index (κ1) is 11.0. The molecule has 2 aromatic rings. The Hall–Kier alpha value is -1.49. The monoisotopic (exact) mass is 236 g/mol. The largest absolute Gasteiger partial charge is 0.274 e. The molecule has 0 bridgehead atoms. The summed E-state index contributed by atoms with van der Waals surface area (Å²) < 4.78 is 0.883. The van der Waals surface area contributed by atoms with Gasteiger partial charge in [0.05, 0.1) is 20.1 Å². The molecule has 1 aromatic heterocycles. The number of nitrogens with zero attached hydrogens (tertiary/aromatic N) is 2. The van der Waals surface area contributed by atoms with Crippen molar-refractivity contribution in [2.45, 2.75) is 26.7 Å². The van der Waals surface area contributed by atoms with Gasteiger partial charge in [-0.2, -0.15) is 0 Å². The molecule has 1 aromatic carbocycles. The van der Waals surface area contributed by atoms with E-state index in [0.29, 0.717) is 0 Å². The summed E-state index contributed by atoms with van der Waals surface area (Å²) in [5.74, 6) is 0.131. The van der Waals surface area contributed by atoms with E-state index in [1.165, 1.54) is 11.3 Å². The maximum atomic E-state index is 11.0. The molecule has 0 atom stereocenters. The first-order valence-electron chi connectivity index (χ1n) is 5.04. The Morgan fingerprint density at radius 3 is 2.69 bits per heavy atom. The van der Waals surface area contributed by atoms with Gasteiger partial charge in [-0.05, 0) is 18.9 Å². The van der Waals surface area contributed by atoms with Gasteiger partial charge in [-0.15, -0.1) is 11.3 Å². The van der Waals surface area contributed by atoms with Crippen LogP contribution >= 0.6 is 11.3 Å². The minimum Gasteiger partial charge on any atom is -0.258 e. The number of aryl methyl sites for hydroxylation is 1. The van der Waals surface area contributed by atoms with E-state index in [0.717, 1.165) is 20.8 Å². The lowest BCUT2D eigenvalue weighted by Gasteiger charge is -2.05. The van der Waals surface area contributed by atoms with E-state index in [2.05, 4.69) is 4.98 Å². The first-order chi connectivity index (χ1) is 7.49. The van der Waals surface area contributed by atoms with Gasteiger partial charge in [-0.1, -0.05) is 13.8 Å². The van der Waals surface area contributed by atoms with Crippen LogP contribution in [0.25, 0.3) is 10.2 Å². The van der Waals surface area contributed by atoms with Crippen LogP contribution in [0.4, 0.5) is 5.69 Å².